The van der Waals surface area contributed by atoms with Gasteiger partial charge in [-0.05, 0) is 18.6 Å². The summed E-state index contributed by atoms with van der Waals surface area (Å²) in [5, 5.41) is 0.526. The van der Waals surface area contributed by atoms with Crippen LogP contribution in [0.4, 0.5) is 0 Å². The molecule has 0 aliphatic carbocycles. The molecule has 84 valence electrons. The lowest BCUT2D eigenvalue weighted by Gasteiger charge is -1.96. The molecular formula is C13H9ClN2S. The summed E-state index contributed by atoms with van der Waals surface area (Å²) < 4.78 is 0.949. The van der Waals surface area contributed by atoms with Crippen LogP contribution in [0.15, 0.2) is 36.7 Å². The maximum atomic E-state index is 6.04. The first kappa shape index (κ1) is 10.7. The first-order valence-electron chi connectivity index (χ1n) is 5.21. The maximum Gasteiger partial charge on any atom is 0.150 e. The molecular weight excluding hydrogens is 252 g/mol. The van der Waals surface area contributed by atoms with Crippen LogP contribution in [0.3, 0.4) is 0 Å². The molecule has 0 saturated heterocycles. The average molecular weight is 261 g/mol. The van der Waals surface area contributed by atoms with Crippen molar-refractivity contribution < 1.29 is 0 Å². The van der Waals surface area contributed by atoms with Gasteiger partial charge in [0.25, 0.3) is 0 Å². The van der Waals surface area contributed by atoms with Gasteiger partial charge in [0, 0.05) is 4.88 Å². The summed E-state index contributed by atoms with van der Waals surface area (Å²) in [4.78, 5) is 9.38. The quantitative estimate of drug-likeness (QED) is 0.609. The van der Waals surface area contributed by atoms with Crippen molar-refractivity contribution in [3.8, 4) is 10.4 Å². The summed E-state index contributed by atoms with van der Waals surface area (Å²) >= 11 is 7.67. The summed E-state index contributed by atoms with van der Waals surface area (Å²) in [6.45, 7) is 2.08. The molecule has 2 aromatic heterocycles. The zero-order chi connectivity index (χ0) is 11.8. The molecule has 0 unspecified atom stereocenters. The minimum atomic E-state index is 0.526. The smallest absolute Gasteiger partial charge is 0.150 e. The minimum Gasteiger partial charge on any atom is -0.235 e. The van der Waals surface area contributed by atoms with E-state index in [1.54, 1.807) is 11.3 Å². The molecule has 0 aliphatic heterocycles. The highest BCUT2D eigenvalue weighted by Gasteiger charge is 2.08. The van der Waals surface area contributed by atoms with Crippen molar-refractivity contribution in [3.63, 3.8) is 0 Å². The standard InChI is InChI=1S/C13H9ClN2S/c1-8-2-4-9(5-3-8)11-6-10-12(17-11)13(14)16-7-15-10/h2-7H,1H3. The van der Waals surface area contributed by atoms with E-state index in [1.807, 2.05) is 0 Å². The highest BCUT2D eigenvalue weighted by atomic mass is 35.5. The predicted molar refractivity (Wildman–Crippen MR) is 72.6 cm³/mol. The Kier molecular flexibility index (Phi) is 2.57. The van der Waals surface area contributed by atoms with E-state index in [1.165, 1.54) is 22.3 Å². The van der Waals surface area contributed by atoms with Gasteiger partial charge in [-0.15, -0.1) is 11.3 Å². The zero-order valence-electron chi connectivity index (χ0n) is 9.14. The number of nitrogens with zero attached hydrogens (tertiary/aromatic N) is 2. The number of fused-ring (bicyclic) bond motifs is 1. The second-order valence-electron chi connectivity index (χ2n) is 3.86. The molecule has 0 saturated carbocycles. The van der Waals surface area contributed by atoms with E-state index in [9.17, 15) is 0 Å². The normalized spacial score (nSPS) is 10.9. The second-order valence-corrected chi connectivity index (χ2v) is 5.27. The van der Waals surface area contributed by atoms with Gasteiger partial charge in [0.05, 0.1) is 10.2 Å². The number of hydrogen-bond donors (Lipinski definition) is 0. The molecule has 1 aromatic carbocycles. The molecule has 0 amide bonds. The van der Waals surface area contributed by atoms with Gasteiger partial charge in [0.1, 0.15) is 11.5 Å². The number of aromatic nitrogens is 2. The van der Waals surface area contributed by atoms with Gasteiger partial charge in [-0.2, -0.15) is 0 Å². The van der Waals surface area contributed by atoms with Gasteiger partial charge in [0.15, 0.2) is 0 Å². The van der Waals surface area contributed by atoms with E-state index >= 15 is 0 Å². The number of rotatable bonds is 1. The summed E-state index contributed by atoms with van der Waals surface area (Å²) in [5.74, 6) is 0. The molecule has 0 N–H and O–H groups in total. The highest BCUT2D eigenvalue weighted by molar-refractivity contribution is 7.22. The Morgan fingerprint density at radius 1 is 1.12 bits per heavy atom. The fourth-order valence-electron chi connectivity index (χ4n) is 1.69. The Bertz CT molecular complexity index is 673. The lowest BCUT2D eigenvalue weighted by molar-refractivity contribution is 1.23. The second kappa shape index (κ2) is 4.09. The fourth-order valence-corrected chi connectivity index (χ4v) is 2.94. The molecule has 0 aliphatic rings. The lowest BCUT2D eigenvalue weighted by Crippen LogP contribution is -1.76. The van der Waals surface area contributed by atoms with E-state index in [0.29, 0.717) is 5.15 Å². The van der Waals surface area contributed by atoms with Crippen LogP contribution in [-0.4, -0.2) is 9.97 Å². The number of thiophene rings is 1. The molecule has 17 heavy (non-hydrogen) atoms. The number of benzene rings is 1. The van der Waals surface area contributed by atoms with Crippen molar-refractivity contribution in [2.75, 3.05) is 0 Å². The van der Waals surface area contributed by atoms with Gasteiger partial charge in [-0.1, -0.05) is 41.4 Å². The van der Waals surface area contributed by atoms with Gasteiger partial charge >= 0.3 is 0 Å². The first-order valence-corrected chi connectivity index (χ1v) is 6.40. The SMILES string of the molecule is Cc1ccc(-c2cc3ncnc(Cl)c3s2)cc1. The third-order valence-electron chi connectivity index (χ3n) is 2.60. The maximum absolute atomic E-state index is 6.04. The van der Waals surface area contributed by atoms with Crippen LogP contribution in [0.25, 0.3) is 20.7 Å². The molecule has 2 nitrogen and oxygen atoms in total. The van der Waals surface area contributed by atoms with Crippen LogP contribution >= 0.6 is 22.9 Å². The zero-order valence-corrected chi connectivity index (χ0v) is 10.7. The molecule has 0 atom stereocenters. The molecule has 3 aromatic rings. The Morgan fingerprint density at radius 2 is 1.88 bits per heavy atom. The van der Waals surface area contributed by atoms with Crippen LogP contribution in [0, 0.1) is 6.92 Å². The lowest BCUT2D eigenvalue weighted by atomic mass is 10.1. The summed E-state index contributed by atoms with van der Waals surface area (Å²) in [5.41, 5.74) is 3.35. The number of hydrogen-bond acceptors (Lipinski definition) is 3. The number of aryl methyl sites for hydroxylation is 1. The number of halogens is 1. The monoisotopic (exact) mass is 260 g/mol. The van der Waals surface area contributed by atoms with E-state index < -0.39 is 0 Å². The van der Waals surface area contributed by atoms with Crippen LogP contribution in [-0.2, 0) is 0 Å². The molecule has 0 radical (unpaired) electrons. The largest absolute Gasteiger partial charge is 0.235 e. The minimum absolute atomic E-state index is 0.526. The van der Waals surface area contributed by atoms with Crippen molar-refractivity contribution in [2.24, 2.45) is 0 Å². The van der Waals surface area contributed by atoms with Gasteiger partial charge < -0.3 is 0 Å². The van der Waals surface area contributed by atoms with E-state index in [-0.39, 0.29) is 0 Å². The Morgan fingerprint density at radius 3 is 2.59 bits per heavy atom. The molecule has 4 heteroatoms. The third-order valence-corrected chi connectivity index (χ3v) is 4.18. The van der Waals surface area contributed by atoms with Crippen molar-refractivity contribution in [1.82, 2.24) is 9.97 Å². The summed E-state index contributed by atoms with van der Waals surface area (Å²) in [7, 11) is 0. The third kappa shape index (κ3) is 1.92. The molecule has 0 spiro atoms. The fraction of sp³-hybridized carbons (Fsp3) is 0.0769. The van der Waals surface area contributed by atoms with Crippen LogP contribution in [0.2, 0.25) is 5.15 Å². The Balaban J connectivity index is 2.18. The average Bonchev–Trinajstić information content (AvgIpc) is 2.75. The van der Waals surface area contributed by atoms with Crippen molar-refractivity contribution in [2.45, 2.75) is 6.92 Å². The topological polar surface area (TPSA) is 25.8 Å². The molecule has 2 heterocycles. The van der Waals surface area contributed by atoms with E-state index in [0.717, 1.165) is 10.2 Å². The first-order chi connectivity index (χ1) is 8.24. The molecule has 0 fully saturated rings. The van der Waals surface area contributed by atoms with Crippen LogP contribution in [0.5, 0.6) is 0 Å². The Hall–Kier alpha value is -1.45. The predicted octanol–water partition coefficient (Wildman–Crippen LogP) is 4.32. The van der Waals surface area contributed by atoms with Crippen molar-refractivity contribution >= 4 is 33.2 Å². The Labute approximate surface area is 108 Å². The molecule has 3 rings (SSSR count). The van der Waals surface area contributed by atoms with Gasteiger partial charge in [0.2, 0.25) is 0 Å². The van der Waals surface area contributed by atoms with Gasteiger partial charge in [-0.3, -0.25) is 0 Å². The molecule has 0 bridgehead atoms. The summed E-state index contributed by atoms with van der Waals surface area (Å²) in [6, 6.07) is 10.5. The van der Waals surface area contributed by atoms with Crippen LogP contribution < -0.4 is 0 Å². The van der Waals surface area contributed by atoms with Crippen LogP contribution in [0.1, 0.15) is 5.56 Å². The van der Waals surface area contributed by atoms with E-state index in [4.69, 9.17) is 11.6 Å². The van der Waals surface area contributed by atoms with Gasteiger partial charge in [-0.25, -0.2) is 9.97 Å². The highest BCUT2D eigenvalue weighted by Crippen LogP contribution is 2.35. The van der Waals surface area contributed by atoms with Crippen molar-refractivity contribution in [3.05, 3.63) is 47.4 Å². The van der Waals surface area contributed by atoms with Crippen molar-refractivity contribution in [1.29, 1.82) is 0 Å². The van der Waals surface area contributed by atoms with E-state index in [2.05, 4.69) is 47.2 Å². The summed E-state index contributed by atoms with van der Waals surface area (Å²) in [6.07, 6.45) is 1.50.